The molecule has 0 saturated heterocycles. The average molecular weight is 386 g/mol. The maximum Gasteiger partial charge on any atom is 0.0490 e. The molecule has 152 valence electrons. The first-order chi connectivity index (χ1) is 13.6. The van der Waals surface area contributed by atoms with Crippen molar-refractivity contribution >= 4 is 11.4 Å². The van der Waals surface area contributed by atoms with Crippen molar-refractivity contribution in [2.24, 2.45) is 11.3 Å². The number of allylic oxidation sites excluding steroid dienone is 5. The van der Waals surface area contributed by atoms with Crippen LogP contribution in [0.4, 0.5) is 11.4 Å². The van der Waals surface area contributed by atoms with Crippen molar-refractivity contribution in [3.63, 3.8) is 0 Å². The highest BCUT2D eigenvalue weighted by Crippen LogP contribution is 2.36. The van der Waals surface area contributed by atoms with Crippen LogP contribution < -0.4 is 4.90 Å². The Morgan fingerprint density at radius 3 is 2.03 bits per heavy atom. The average Bonchev–Trinajstić information content (AvgIpc) is 2.89. The van der Waals surface area contributed by atoms with E-state index in [0.29, 0.717) is 5.92 Å². The zero-order valence-corrected chi connectivity index (χ0v) is 19.0. The van der Waals surface area contributed by atoms with E-state index in [0.717, 1.165) is 0 Å². The van der Waals surface area contributed by atoms with Gasteiger partial charge in [-0.25, -0.2) is 0 Å². The lowest BCUT2D eigenvalue weighted by atomic mass is 9.80. The standard InChI is InChI=1S/C28H35N/c1-21-11-8-9-14-26(21)29(25-19-16-23(17-20-25)28(5,6)7)24-13-10-12-22(15-18-24)27(2,3)4/h8-20,22H,1-7H3. The fourth-order valence-corrected chi connectivity index (χ4v) is 3.67. The van der Waals surface area contributed by atoms with Crippen LogP contribution in [0.25, 0.3) is 0 Å². The predicted molar refractivity (Wildman–Crippen MR) is 128 cm³/mol. The van der Waals surface area contributed by atoms with E-state index in [1.54, 1.807) is 0 Å². The zero-order chi connectivity index (χ0) is 21.2. The van der Waals surface area contributed by atoms with E-state index in [2.05, 4.69) is 132 Å². The van der Waals surface area contributed by atoms with E-state index in [1.807, 2.05) is 0 Å². The number of rotatable bonds is 3. The topological polar surface area (TPSA) is 3.24 Å². The highest BCUT2D eigenvalue weighted by molar-refractivity contribution is 5.73. The minimum Gasteiger partial charge on any atom is -0.310 e. The Balaban J connectivity index is 2.07. The van der Waals surface area contributed by atoms with Crippen molar-refractivity contribution in [1.29, 1.82) is 0 Å². The zero-order valence-electron chi connectivity index (χ0n) is 19.0. The van der Waals surface area contributed by atoms with E-state index in [-0.39, 0.29) is 10.8 Å². The quantitative estimate of drug-likeness (QED) is 0.516. The fraction of sp³-hybridized carbons (Fsp3) is 0.357. The van der Waals surface area contributed by atoms with Crippen molar-refractivity contribution in [3.05, 3.63) is 95.7 Å². The van der Waals surface area contributed by atoms with Gasteiger partial charge in [-0.05, 0) is 59.2 Å². The summed E-state index contributed by atoms with van der Waals surface area (Å²) in [5.41, 5.74) is 6.56. The Bertz CT molecular complexity index is 928. The Morgan fingerprint density at radius 1 is 0.793 bits per heavy atom. The number of aryl methyl sites for hydroxylation is 1. The Labute approximate surface area is 177 Å². The minimum absolute atomic E-state index is 0.149. The van der Waals surface area contributed by atoms with Crippen molar-refractivity contribution in [2.45, 2.75) is 53.9 Å². The van der Waals surface area contributed by atoms with Gasteiger partial charge in [0.25, 0.3) is 0 Å². The van der Waals surface area contributed by atoms with Gasteiger partial charge in [0, 0.05) is 23.0 Å². The minimum atomic E-state index is 0.149. The largest absolute Gasteiger partial charge is 0.310 e. The molecule has 0 heterocycles. The number of anilines is 2. The van der Waals surface area contributed by atoms with E-state index in [1.165, 1.54) is 28.2 Å². The molecular formula is C28H35N. The van der Waals surface area contributed by atoms with Gasteiger partial charge in [0.15, 0.2) is 0 Å². The molecule has 1 aliphatic carbocycles. The molecule has 0 aliphatic heterocycles. The summed E-state index contributed by atoms with van der Waals surface area (Å²) in [6.45, 7) is 15.8. The van der Waals surface area contributed by atoms with Crippen LogP contribution in [-0.2, 0) is 5.41 Å². The molecule has 1 aliphatic rings. The maximum atomic E-state index is 2.37. The molecule has 1 unspecified atom stereocenters. The molecule has 2 aromatic carbocycles. The van der Waals surface area contributed by atoms with Crippen LogP contribution in [0.2, 0.25) is 0 Å². The van der Waals surface area contributed by atoms with E-state index >= 15 is 0 Å². The van der Waals surface area contributed by atoms with Crippen LogP contribution in [0, 0.1) is 18.3 Å². The van der Waals surface area contributed by atoms with Crippen LogP contribution in [0.3, 0.4) is 0 Å². The SMILES string of the molecule is Cc1ccccc1N(C1=CC=CC(C(C)(C)C)C=C1)c1ccc(C(C)(C)C)cc1. The summed E-state index contributed by atoms with van der Waals surface area (Å²) in [5, 5.41) is 0. The molecule has 29 heavy (non-hydrogen) atoms. The summed E-state index contributed by atoms with van der Waals surface area (Å²) in [5.74, 6) is 0.415. The van der Waals surface area contributed by atoms with Crippen LogP contribution in [0.1, 0.15) is 52.7 Å². The predicted octanol–water partition coefficient (Wildman–Crippen LogP) is 8.10. The first kappa shape index (κ1) is 21.2. The Morgan fingerprint density at radius 2 is 1.45 bits per heavy atom. The van der Waals surface area contributed by atoms with Crippen LogP contribution in [-0.4, -0.2) is 0 Å². The molecule has 1 atom stereocenters. The summed E-state index contributed by atoms with van der Waals surface area (Å²) >= 11 is 0. The number of hydrogen-bond donors (Lipinski definition) is 0. The second-order valence-electron chi connectivity index (χ2n) is 10.1. The van der Waals surface area contributed by atoms with Crippen LogP contribution >= 0.6 is 0 Å². The Kier molecular flexibility index (Phi) is 5.89. The summed E-state index contributed by atoms with van der Waals surface area (Å²) < 4.78 is 0. The fourth-order valence-electron chi connectivity index (χ4n) is 3.67. The molecule has 0 radical (unpaired) electrons. The number of benzene rings is 2. The van der Waals surface area contributed by atoms with Gasteiger partial charge in [-0.3, -0.25) is 0 Å². The van der Waals surface area contributed by atoms with E-state index < -0.39 is 0 Å². The molecule has 2 aromatic rings. The molecule has 1 nitrogen and oxygen atoms in total. The molecule has 0 bridgehead atoms. The first-order valence-electron chi connectivity index (χ1n) is 10.6. The molecule has 0 aromatic heterocycles. The van der Waals surface area contributed by atoms with Crippen molar-refractivity contribution in [3.8, 4) is 0 Å². The van der Waals surface area contributed by atoms with Gasteiger partial charge < -0.3 is 4.90 Å². The van der Waals surface area contributed by atoms with Gasteiger partial charge in [0.2, 0.25) is 0 Å². The maximum absolute atomic E-state index is 2.37. The van der Waals surface area contributed by atoms with Gasteiger partial charge in [0.05, 0.1) is 0 Å². The third kappa shape index (κ3) is 4.90. The smallest absolute Gasteiger partial charge is 0.0490 e. The lowest BCUT2D eigenvalue weighted by Crippen LogP contribution is -2.18. The molecule has 0 fully saturated rings. The Hall–Kier alpha value is -2.54. The van der Waals surface area contributed by atoms with Crippen LogP contribution in [0.5, 0.6) is 0 Å². The number of para-hydroxylation sites is 1. The second kappa shape index (κ2) is 8.06. The second-order valence-corrected chi connectivity index (χ2v) is 10.1. The van der Waals surface area contributed by atoms with Crippen LogP contribution in [0.15, 0.2) is 84.6 Å². The molecule has 3 rings (SSSR count). The van der Waals surface area contributed by atoms with E-state index in [4.69, 9.17) is 0 Å². The monoisotopic (exact) mass is 385 g/mol. The van der Waals surface area contributed by atoms with Gasteiger partial charge in [-0.15, -0.1) is 0 Å². The normalized spacial score (nSPS) is 17.1. The molecule has 1 heteroatoms. The molecular weight excluding hydrogens is 350 g/mol. The summed E-state index contributed by atoms with van der Waals surface area (Å²) in [7, 11) is 0. The lowest BCUT2D eigenvalue weighted by molar-refractivity contribution is 0.344. The number of nitrogens with zero attached hydrogens (tertiary/aromatic N) is 1. The molecule has 0 saturated carbocycles. The van der Waals surface area contributed by atoms with Gasteiger partial charge in [-0.1, -0.05) is 90.1 Å². The third-order valence-electron chi connectivity index (χ3n) is 5.67. The van der Waals surface area contributed by atoms with E-state index in [9.17, 15) is 0 Å². The summed E-state index contributed by atoms with van der Waals surface area (Å²) in [4.78, 5) is 2.37. The van der Waals surface area contributed by atoms with Gasteiger partial charge in [0.1, 0.15) is 0 Å². The third-order valence-corrected chi connectivity index (χ3v) is 5.67. The van der Waals surface area contributed by atoms with Gasteiger partial charge >= 0.3 is 0 Å². The highest BCUT2D eigenvalue weighted by Gasteiger charge is 2.22. The summed E-state index contributed by atoms with van der Waals surface area (Å²) in [6, 6.07) is 17.6. The van der Waals surface area contributed by atoms with Crippen molar-refractivity contribution in [2.75, 3.05) is 4.90 Å². The highest BCUT2D eigenvalue weighted by atomic mass is 15.1. The van der Waals surface area contributed by atoms with Crippen molar-refractivity contribution in [1.82, 2.24) is 0 Å². The molecule has 0 amide bonds. The lowest BCUT2D eigenvalue weighted by Gasteiger charge is -2.29. The molecule has 0 N–H and O–H groups in total. The van der Waals surface area contributed by atoms with Gasteiger partial charge in [-0.2, -0.15) is 0 Å². The van der Waals surface area contributed by atoms with Crippen molar-refractivity contribution < 1.29 is 0 Å². The summed E-state index contributed by atoms with van der Waals surface area (Å²) in [6.07, 6.45) is 11.4. The molecule has 0 spiro atoms. The first-order valence-corrected chi connectivity index (χ1v) is 10.6. The number of hydrogen-bond acceptors (Lipinski definition) is 1.